The molecule has 1 aromatic carbocycles. The zero-order valence-electron chi connectivity index (χ0n) is 17.3. The van der Waals surface area contributed by atoms with Crippen molar-refractivity contribution < 1.29 is 4.79 Å². The summed E-state index contributed by atoms with van der Waals surface area (Å²) in [5.41, 5.74) is 2.30. The molecular weight excluding hydrogens is 441 g/mol. The number of fused-ring (bicyclic) bond motifs is 1. The summed E-state index contributed by atoms with van der Waals surface area (Å²) in [5.74, 6) is -0.192. The number of rotatable bonds is 4. The number of halogens is 2. The molecule has 0 N–H and O–H groups in total. The predicted molar refractivity (Wildman–Crippen MR) is 120 cm³/mol. The molecule has 31 heavy (non-hydrogen) atoms. The van der Waals surface area contributed by atoms with Gasteiger partial charge in [-0.05, 0) is 38.1 Å². The van der Waals surface area contributed by atoms with Gasteiger partial charge in [-0.3, -0.25) is 18.7 Å². The van der Waals surface area contributed by atoms with Gasteiger partial charge in [-0.2, -0.15) is 0 Å². The lowest BCUT2D eigenvalue weighted by molar-refractivity contribution is 0.0972. The van der Waals surface area contributed by atoms with Crippen LogP contribution in [0.2, 0.25) is 10.0 Å². The highest BCUT2D eigenvalue weighted by atomic mass is 35.5. The SMILES string of the molecule is Cc1cc(C(=O)Cn2cnc3c2c(=O)n(C)c(=O)n3C)c(C)n1-c1cc(Cl)cc(Cl)c1. The topological polar surface area (TPSA) is 83.8 Å². The molecule has 0 saturated carbocycles. The molecule has 3 aromatic heterocycles. The normalized spacial score (nSPS) is 11.4. The van der Waals surface area contributed by atoms with Crippen LogP contribution >= 0.6 is 23.2 Å². The summed E-state index contributed by atoms with van der Waals surface area (Å²) >= 11 is 12.3. The van der Waals surface area contributed by atoms with Crippen molar-refractivity contribution in [2.24, 2.45) is 14.1 Å². The average Bonchev–Trinajstić information content (AvgIpc) is 3.24. The monoisotopic (exact) mass is 459 g/mol. The average molecular weight is 460 g/mol. The van der Waals surface area contributed by atoms with Crippen molar-refractivity contribution in [1.29, 1.82) is 0 Å². The summed E-state index contributed by atoms with van der Waals surface area (Å²) in [6, 6.07) is 6.98. The number of hydrogen-bond acceptors (Lipinski definition) is 4. The van der Waals surface area contributed by atoms with Gasteiger partial charge >= 0.3 is 5.69 Å². The smallest absolute Gasteiger partial charge is 0.318 e. The number of ketones is 1. The molecule has 0 radical (unpaired) electrons. The number of carbonyl (C=O) groups excluding carboxylic acids is 1. The van der Waals surface area contributed by atoms with E-state index in [-0.39, 0.29) is 23.5 Å². The van der Waals surface area contributed by atoms with E-state index in [0.717, 1.165) is 21.6 Å². The first-order chi connectivity index (χ1) is 14.6. The molecule has 8 nitrogen and oxygen atoms in total. The Morgan fingerprint density at radius 1 is 1.00 bits per heavy atom. The second kappa shape index (κ2) is 7.55. The highest BCUT2D eigenvalue weighted by Gasteiger charge is 2.20. The van der Waals surface area contributed by atoms with Gasteiger partial charge in [0.15, 0.2) is 16.9 Å². The maximum atomic E-state index is 13.2. The minimum absolute atomic E-state index is 0.0927. The highest BCUT2D eigenvalue weighted by molar-refractivity contribution is 6.34. The summed E-state index contributed by atoms with van der Waals surface area (Å²) in [6.45, 7) is 3.63. The van der Waals surface area contributed by atoms with Gasteiger partial charge in [0.2, 0.25) is 0 Å². The van der Waals surface area contributed by atoms with E-state index in [9.17, 15) is 14.4 Å². The fraction of sp³-hybridized carbons (Fsp3) is 0.238. The number of aromatic nitrogens is 5. The van der Waals surface area contributed by atoms with Crippen molar-refractivity contribution in [3.05, 3.63) is 78.4 Å². The highest BCUT2D eigenvalue weighted by Crippen LogP contribution is 2.27. The Kier molecular flexibility index (Phi) is 5.15. The molecule has 0 aliphatic carbocycles. The summed E-state index contributed by atoms with van der Waals surface area (Å²) in [7, 11) is 2.93. The number of Topliss-reactive ketones (excluding diaryl/α,β-unsaturated/α-hetero) is 1. The van der Waals surface area contributed by atoms with Gasteiger partial charge in [0.05, 0.1) is 12.9 Å². The number of hydrogen-bond donors (Lipinski definition) is 0. The molecule has 4 aromatic rings. The minimum Gasteiger partial charge on any atom is -0.318 e. The Morgan fingerprint density at radius 3 is 2.29 bits per heavy atom. The number of aryl methyl sites for hydroxylation is 2. The quantitative estimate of drug-likeness (QED) is 0.439. The van der Waals surface area contributed by atoms with E-state index in [1.807, 2.05) is 18.4 Å². The molecule has 0 aliphatic heterocycles. The molecule has 0 atom stereocenters. The van der Waals surface area contributed by atoms with E-state index in [4.69, 9.17) is 23.2 Å². The molecule has 0 aliphatic rings. The van der Waals surface area contributed by atoms with Crippen molar-refractivity contribution >= 4 is 40.1 Å². The second-order valence-electron chi connectivity index (χ2n) is 7.42. The zero-order valence-corrected chi connectivity index (χ0v) is 18.8. The Morgan fingerprint density at radius 2 is 1.65 bits per heavy atom. The molecule has 0 saturated heterocycles. The van der Waals surface area contributed by atoms with E-state index in [2.05, 4.69) is 4.98 Å². The van der Waals surface area contributed by atoms with Crippen molar-refractivity contribution in [3.8, 4) is 5.69 Å². The lowest BCUT2D eigenvalue weighted by atomic mass is 10.1. The summed E-state index contributed by atoms with van der Waals surface area (Å²) < 4.78 is 5.66. The van der Waals surface area contributed by atoms with Gasteiger partial charge in [-0.25, -0.2) is 9.78 Å². The maximum absolute atomic E-state index is 13.2. The number of carbonyl (C=O) groups is 1. The van der Waals surface area contributed by atoms with Crippen LogP contribution in [0.25, 0.3) is 16.9 Å². The van der Waals surface area contributed by atoms with Crippen LogP contribution < -0.4 is 11.2 Å². The summed E-state index contributed by atoms with van der Waals surface area (Å²) in [5, 5.41) is 0.989. The van der Waals surface area contributed by atoms with E-state index >= 15 is 0 Å². The lowest BCUT2D eigenvalue weighted by Gasteiger charge is -2.11. The Balaban J connectivity index is 1.78. The molecule has 0 bridgehead atoms. The third kappa shape index (κ3) is 3.41. The second-order valence-corrected chi connectivity index (χ2v) is 8.29. The van der Waals surface area contributed by atoms with Crippen LogP contribution in [0.4, 0.5) is 0 Å². The third-order valence-electron chi connectivity index (χ3n) is 5.37. The van der Waals surface area contributed by atoms with Crippen molar-refractivity contribution in [2.75, 3.05) is 0 Å². The van der Waals surface area contributed by atoms with E-state index in [1.165, 1.54) is 29.6 Å². The fourth-order valence-corrected chi connectivity index (χ4v) is 4.38. The molecule has 10 heteroatoms. The van der Waals surface area contributed by atoms with Gasteiger partial charge < -0.3 is 9.13 Å². The minimum atomic E-state index is -0.498. The first kappa shape index (κ1) is 21.1. The van der Waals surface area contributed by atoms with Gasteiger partial charge in [0.25, 0.3) is 5.56 Å². The van der Waals surface area contributed by atoms with Gasteiger partial charge in [-0.15, -0.1) is 0 Å². The Labute approximate surface area is 186 Å². The van der Waals surface area contributed by atoms with Crippen molar-refractivity contribution in [2.45, 2.75) is 20.4 Å². The molecular formula is C21H19Cl2N5O3. The van der Waals surface area contributed by atoms with Crippen LogP contribution in [0, 0.1) is 13.8 Å². The predicted octanol–water partition coefficient (Wildman–Crippen LogP) is 3.03. The van der Waals surface area contributed by atoms with Crippen molar-refractivity contribution in [3.63, 3.8) is 0 Å². The zero-order chi connectivity index (χ0) is 22.6. The molecule has 4 rings (SSSR count). The van der Waals surface area contributed by atoms with Crippen LogP contribution in [-0.2, 0) is 20.6 Å². The Hall–Kier alpha value is -3.10. The van der Waals surface area contributed by atoms with Crippen molar-refractivity contribution in [1.82, 2.24) is 23.3 Å². The van der Waals surface area contributed by atoms with Crippen LogP contribution in [-0.4, -0.2) is 29.0 Å². The van der Waals surface area contributed by atoms with E-state index < -0.39 is 11.2 Å². The van der Waals surface area contributed by atoms with Gasteiger partial charge in [0.1, 0.15) is 0 Å². The number of imidazole rings is 1. The van der Waals surface area contributed by atoms with Gasteiger partial charge in [-0.1, -0.05) is 23.2 Å². The standard InChI is InChI=1S/C21H19Cl2N5O3/c1-11-5-16(12(2)28(11)15-7-13(22)6-14(23)8-15)17(29)9-27-10-24-19-18(27)20(30)26(4)21(31)25(19)3/h5-8,10H,9H2,1-4H3. The number of nitrogens with zero attached hydrogens (tertiary/aromatic N) is 5. The summed E-state index contributed by atoms with van der Waals surface area (Å²) in [6.07, 6.45) is 1.40. The van der Waals surface area contributed by atoms with Gasteiger partial charge in [0, 0.05) is 46.8 Å². The van der Waals surface area contributed by atoms with Crippen LogP contribution in [0.5, 0.6) is 0 Å². The molecule has 0 unspecified atom stereocenters. The molecule has 0 amide bonds. The maximum Gasteiger partial charge on any atom is 0.332 e. The Bertz CT molecular complexity index is 1470. The largest absolute Gasteiger partial charge is 0.332 e. The van der Waals surface area contributed by atoms with Crippen LogP contribution in [0.15, 0.2) is 40.2 Å². The van der Waals surface area contributed by atoms with E-state index in [0.29, 0.717) is 15.6 Å². The lowest BCUT2D eigenvalue weighted by Crippen LogP contribution is -2.37. The first-order valence-electron chi connectivity index (χ1n) is 9.39. The molecule has 0 fully saturated rings. The first-order valence-corrected chi connectivity index (χ1v) is 10.1. The molecule has 3 heterocycles. The summed E-state index contributed by atoms with van der Waals surface area (Å²) in [4.78, 5) is 42.1. The fourth-order valence-electron chi connectivity index (χ4n) is 3.87. The third-order valence-corrected chi connectivity index (χ3v) is 5.80. The van der Waals surface area contributed by atoms with E-state index in [1.54, 1.807) is 24.3 Å². The van der Waals surface area contributed by atoms with Crippen LogP contribution in [0.1, 0.15) is 21.7 Å². The number of benzene rings is 1. The molecule has 0 spiro atoms. The molecule has 160 valence electrons. The van der Waals surface area contributed by atoms with Crippen LogP contribution in [0.3, 0.4) is 0 Å².